The van der Waals surface area contributed by atoms with Crippen LogP contribution in [0.15, 0.2) is 0 Å². The van der Waals surface area contributed by atoms with E-state index in [1.807, 2.05) is 0 Å². The zero-order valence-corrected chi connectivity index (χ0v) is 4.66. The van der Waals surface area contributed by atoms with Crippen molar-refractivity contribution in [1.29, 1.82) is 0 Å². The maximum absolute atomic E-state index is 0. The molecule has 0 aliphatic rings. The third kappa shape index (κ3) is 40.5. The first kappa shape index (κ1) is 131. The van der Waals surface area contributed by atoms with Crippen LogP contribution in [0.25, 0.3) is 0 Å². The molecule has 0 aliphatic heterocycles. The molecule has 3 nitrogen and oxygen atoms in total. The summed E-state index contributed by atoms with van der Waals surface area (Å²) in [5, 5.41) is 0. The van der Waals surface area contributed by atoms with Gasteiger partial charge in [-0.2, -0.15) is 0 Å². The summed E-state index contributed by atoms with van der Waals surface area (Å²) in [5.74, 6) is 0. The van der Waals surface area contributed by atoms with Gasteiger partial charge in [0.25, 0.3) is 0 Å². The Hall–Kier alpha value is 1.10. The molecule has 0 heterocycles. The van der Waals surface area contributed by atoms with Gasteiger partial charge in [0.1, 0.15) is 0 Å². The molecule has 0 fully saturated rings. The normalized spacial score (nSPS) is 0. The van der Waals surface area contributed by atoms with Crippen LogP contribution in [0, 0.1) is 0 Å². The second-order valence-corrected chi connectivity index (χ2v) is 0. The van der Waals surface area contributed by atoms with E-state index in [9.17, 15) is 0 Å². The predicted molar refractivity (Wildman–Crippen MR) is 2.06 cm³/mol. The summed E-state index contributed by atoms with van der Waals surface area (Å²) in [6, 6.07) is 0. The third-order valence-corrected chi connectivity index (χ3v) is 0. The fraction of sp³-hybridized carbons (Fsp3) is 0. The fourth-order valence-electron chi connectivity index (χ4n) is 0. The molecule has 0 aliphatic carbocycles. The summed E-state index contributed by atoms with van der Waals surface area (Å²) in [7, 11) is 0. The van der Waals surface area contributed by atoms with Crippen LogP contribution in [-0.4, -0.2) is 0 Å². The molecule has 0 aromatic rings. The van der Waals surface area contributed by atoms with Crippen LogP contribution in [0.2, 0.25) is 0 Å². The van der Waals surface area contributed by atoms with Crippen molar-refractivity contribution in [2.45, 2.75) is 0 Å². The van der Waals surface area contributed by atoms with Crippen LogP contribution in [0.1, 0.15) is 0 Å². The average Bonchev–Trinajstić information content (AvgIpc) is 0. The molecule has 1 radical (unpaired) electrons. The molecule has 0 spiro atoms. The van der Waals surface area contributed by atoms with Crippen molar-refractivity contribution in [1.82, 2.24) is 0 Å². The van der Waals surface area contributed by atoms with Crippen molar-refractivity contribution in [2.75, 3.05) is 0 Å². The maximum atomic E-state index is 0. The van der Waals surface area contributed by atoms with Crippen LogP contribution < -0.4 is 0 Å². The van der Waals surface area contributed by atoms with Crippen molar-refractivity contribution in [3.63, 3.8) is 0 Å². The second kappa shape index (κ2) is 70.8. The predicted octanol–water partition coefficient (Wildman–Crippen LogP) is -0.361. The monoisotopic (exact) mass is 155 g/mol. The van der Waals surface area contributed by atoms with Gasteiger partial charge in [0, 0.05) is 0 Å². The molecular formula is CoO3Ti. The topological polar surface area (TPSA) is 85.5 Å². The number of hydrogen-bond donors (Lipinski definition) is 0. The Kier molecular flexibility index (Phi) is 1850. The Morgan fingerprint density at radius 1 is 0.600 bits per heavy atom. The van der Waals surface area contributed by atoms with E-state index in [0.717, 1.165) is 0 Å². The van der Waals surface area contributed by atoms with Gasteiger partial charge in [-0.1, -0.05) is 0 Å². The minimum absolute atomic E-state index is 0. The quantitative estimate of drug-likeness (QED) is 0.427. The average molecular weight is 155 g/mol. The molecule has 0 bridgehead atoms. The fourth-order valence-corrected chi connectivity index (χ4v) is 0. The molecule has 0 rings (SSSR count). The minimum Gasteiger partial charge on any atom is -2.00 e. The first-order chi connectivity index (χ1) is 0. The summed E-state index contributed by atoms with van der Waals surface area (Å²) in [6.45, 7) is 0. The summed E-state index contributed by atoms with van der Waals surface area (Å²) in [4.78, 5) is 0. The van der Waals surface area contributed by atoms with Crippen LogP contribution in [0.4, 0.5) is 0 Å². The summed E-state index contributed by atoms with van der Waals surface area (Å²) < 4.78 is 0. The Bertz CT molecular complexity index is 6.85. The maximum Gasteiger partial charge on any atom is 4.00 e. The van der Waals surface area contributed by atoms with Crippen molar-refractivity contribution in [2.24, 2.45) is 0 Å². The van der Waals surface area contributed by atoms with E-state index in [4.69, 9.17) is 0 Å². The van der Waals surface area contributed by atoms with E-state index >= 15 is 0 Å². The molecule has 5 heteroatoms. The van der Waals surface area contributed by atoms with Gasteiger partial charge in [0.15, 0.2) is 0 Å². The van der Waals surface area contributed by atoms with E-state index in [-0.39, 0.29) is 54.9 Å². The zero-order chi connectivity index (χ0) is 0. The molecule has 31 valence electrons. The molecular weight excluding hydrogens is 155 g/mol. The van der Waals surface area contributed by atoms with Gasteiger partial charge in [0.05, 0.1) is 0 Å². The summed E-state index contributed by atoms with van der Waals surface area (Å²) in [5.41, 5.74) is 0. The third-order valence-electron chi connectivity index (χ3n) is 0. The van der Waals surface area contributed by atoms with Gasteiger partial charge in [-0.25, -0.2) is 0 Å². The Morgan fingerprint density at radius 2 is 0.600 bits per heavy atom. The first-order valence-electron chi connectivity index (χ1n) is 0. The molecule has 0 saturated carbocycles. The van der Waals surface area contributed by atoms with E-state index < -0.39 is 0 Å². The molecule has 0 aromatic carbocycles. The number of hydrogen-bond acceptors (Lipinski definition) is 0. The molecule has 5 heavy (non-hydrogen) atoms. The number of rotatable bonds is 0. The van der Waals surface area contributed by atoms with Gasteiger partial charge in [-0.15, -0.1) is 0 Å². The van der Waals surface area contributed by atoms with Gasteiger partial charge < -0.3 is 16.4 Å². The minimum atomic E-state index is 0. The van der Waals surface area contributed by atoms with Crippen LogP contribution in [0.3, 0.4) is 0 Å². The SMILES string of the molecule is [Co+2].[O-2].[O-2].[O-2].[Ti+4]. The van der Waals surface area contributed by atoms with Crippen molar-refractivity contribution in [3.05, 3.63) is 0 Å². The van der Waals surface area contributed by atoms with Gasteiger partial charge in [-0.05, 0) is 0 Å². The molecule has 0 unspecified atom stereocenters. The second-order valence-electron chi connectivity index (χ2n) is 0. The van der Waals surface area contributed by atoms with Crippen LogP contribution in [0.5, 0.6) is 0 Å². The summed E-state index contributed by atoms with van der Waals surface area (Å²) >= 11 is 0. The smallest absolute Gasteiger partial charge is 2.00 e. The van der Waals surface area contributed by atoms with Crippen LogP contribution >= 0.6 is 0 Å². The van der Waals surface area contributed by atoms with E-state index in [0.29, 0.717) is 0 Å². The van der Waals surface area contributed by atoms with Gasteiger partial charge in [-0.3, -0.25) is 0 Å². The van der Waals surface area contributed by atoms with Crippen molar-refractivity contribution >= 4 is 0 Å². The van der Waals surface area contributed by atoms with E-state index in [2.05, 4.69) is 0 Å². The first-order valence-corrected chi connectivity index (χ1v) is 0. The van der Waals surface area contributed by atoms with Crippen molar-refractivity contribution < 1.29 is 54.9 Å². The molecule has 0 aromatic heterocycles. The van der Waals surface area contributed by atoms with Gasteiger partial charge in [0.2, 0.25) is 0 Å². The molecule has 0 atom stereocenters. The van der Waals surface area contributed by atoms with E-state index in [1.54, 1.807) is 0 Å². The Labute approximate surface area is 55.1 Å². The zero-order valence-electron chi connectivity index (χ0n) is 2.06. The van der Waals surface area contributed by atoms with E-state index in [1.165, 1.54) is 0 Å². The molecule has 0 N–H and O–H groups in total. The van der Waals surface area contributed by atoms with Crippen molar-refractivity contribution in [3.8, 4) is 0 Å². The standard InChI is InChI=1S/Co.3O.Ti/q+2;3*-2;+4. The van der Waals surface area contributed by atoms with Gasteiger partial charge >= 0.3 is 38.5 Å². The largest absolute Gasteiger partial charge is 4.00 e. The Balaban J connectivity index is 0. The summed E-state index contributed by atoms with van der Waals surface area (Å²) in [6.07, 6.45) is 0. The molecule has 0 amide bonds. The molecule has 0 saturated heterocycles. The Morgan fingerprint density at radius 3 is 0.600 bits per heavy atom. The van der Waals surface area contributed by atoms with Crippen LogP contribution in [-0.2, 0) is 54.9 Å².